The fourth-order valence-electron chi connectivity index (χ4n) is 1.44. The minimum atomic E-state index is -1.14. The lowest BCUT2D eigenvalue weighted by Gasteiger charge is -2.08. The van der Waals surface area contributed by atoms with E-state index >= 15 is 0 Å². The van der Waals surface area contributed by atoms with Crippen LogP contribution in [0.4, 0.5) is 20.2 Å². The van der Waals surface area contributed by atoms with E-state index in [2.05, 4.69) is 5.32 Å². The Hall–Kier alpha value is -2.43. The molecule has 0 fully saturated rings. The molecule has 2 rings (SSSR count). The zero-order chi connectivity index (χ0) is 13.1. The van der Waals surface area contributed by atoms with Crippen molar-refractivity contribution < 1.29 is 18.7 Å². The largest absolute Gasteiger partial charge is 0.478 e. The van der Waals surface area contributed by atoms with Gasteiger partial charge in [0.1, 0.15) is 11.6 Å². The smallest absolute Gasteiger partial charge is 0.335 e. The first-order valence-electron chi connectivity index (χ1n) is 5.12. The number of carboxylic acid groups (broad SMARTS) is 1. The molecule has 0 unspecified atom stereocenters. The van der Waals surface area contributed by atoms with E-state index in [0.717, 1.165) is 6.07 Å². The van der Waals surface area contributed by atoms with Gasteiger partial charge in [0, 0.05) is 5.69 Å². The Kier molecular flexibility index (Phi) is 3.23. The molecule has 0 saturated heterocycles. The summed E-state index contributed by atoms with van der Waals surface area (Å²) >= 11 is 0. The van der Waals surface area contributed by atoms with Crippen LogP contribution in [0.1, 0.15) is 10.4 Å². The van der Waals surface area contributed by atoms with Crippen molar-refractivity contribution in [1.29, 1.82) is 0 Å². The molecule has 0 aliphatic carbocycles. The van der Waals surface area contributed by atoms with Gasteiger partial charge in [-0.1, -0.05) is 0 Å². The van der Waals surface area contributed by atoms with Crippen molar-refractivity contribution in [2.75, 3.05) is 5.32 Å². The van der Waals surface area contributed by atoms with Gasteiger partial charge < -0.3 is 10.4 Å². The van der Waals surface area contributed by atoms with Crippen molar-refractivity contribution in [2.45, 2.75) is 0 Å². The molecule has 0 aromatic heterocycles. The van der Waals surface area contributed by atoms with Crippen LogP contribution in [0.3, 0.4) is 0 Å². The number of nitrogens with one attached hydrogen (secondary N) is 1. The second-order valence-electron chi connectivity index (χ2n) is 3.63. The van der Waals surface area contributed by atoms with Crippen LogP contribution in [0.25, 0.3) is 0 Å². The van der Waals surface area contributed by atoms with Crippen LogP contribution in [0.5, 0.6) is 0 Å². The highest BCUT2D eigenvalue weighted by molar-refractivity contribution is 5.89. The molecular weight excluding hydrogens is 240 g/mol. The summed E-state index contributed by atoms with van der Waals surface area (Å²) in [6, 6.07) is 8.73. The van der Waals surface area contributed by atoms with Crippen molar-refractivity contribution in [2.24, 2.45) is 0 Å². The molecular formula is C13H9F2NO2. The number of aromatic carboxylic acids is 1. The van der Waals surface area contributed by atoms with E-state index in [0.29, 0.717) is 5.69 Å². The third-order valence-electron chi connectivity index (χ3n) is 2.34. The fraction of sp³-hybridized carbons (Fsp3) is 0. The molecule has 0 atom stereocenters. The molecule has 5 heteroatoms. The Labute approximate surface area is 102 Å². The Balaban J connectivity index is 2.30. The zero-order valence-corrected chi connectivity index (χ0v) is 9.15. The summed E-state index contributed by atoms with van der Waals surface area (Å²) in [6.07, 6.45) is 0. The molecule has 2 N–H and O–H groups in total. The zero-order valence-electron chi connectivity index (χ0n) is 9.15. The molecule has 0 saturated carbocycles. The maximum absolute atomic E-state index is 13.5. The summed E-state index contributed by atoms with van der Waals surface area (Å²) in [5.74, 6) is -2.12. The summed E-state index contributed by atoms with van der Waals surface area (Å²) < 4.78 is 26.2. The van der Waals surface area contributed by atoms with Crippen LogP contribution in [0, 0.1) is 11.6 Å². The lowest BCUT2D eigenvalue weighted by molar-refractivity contribution is 0.0697. The molecule has 18 heavy (non-hydrogen) atoms. The highest BCUT2D eigenvalue weighted by Gasteiger charge is 2.08. The SMILES string of the molecule is O=C(O)c1ccc(F)c(Nc2ccc(F)cc2)c1. The van der Waals surface area contributed by atoms with Crippen molar-refractivity contribution >= 4 is 17.3 Å². The first-order chi connectivity index (χ1) is 8.56. The van der Waals surface area contributed by atoms with Gasteiger partial charge in [-0.2, -0.15) is 0 Å². The van der Waals surface area contributed by atoms with E-state index in [-0.39, 0.29) is 11.3 Å². The second kappa shape index (κ2) is 4.83. The molecule has 2 aromatic rings. The van der Waals surface area contributed by atoms with Crippen LogP contribution < -0.4 is 5.32 Å². The third kappa shape index (κ3) is 2.63. The molecule has 0 radical (unpaired) electrons. The van der Waals surface area contributed by atoms with Crippen molar-refractivity contribution in [1.82, 2.24) is 0 Å². The van der Waals surface area contributed by atoms with Crippen LogP contribution in [0.15, 0.2) is 42.5 Å². The maximum Gasteiger partial charge on any atom is 0.335 e. The van der Waals surface area contributed by atoms with E-state index in [1.165, 1.54) is 36.4 Å². The van der Waals surface area contributed by atoms with Gasteiger partial charge in [-0.15, -0.1) is 0 Å². The number of carboxylic acids is 1. The number of hydrogen-bond acceptors (Lipinski definition) is 2. The van der Waals surface area contributed by atoms with Gasteiger partial charge in [0.25, 0.3) is 0 Å². The van der Waals surface area contributed by atoms with Gasteiger partial charge in [0.2, 0.25) is 0 Å². The molecule has 92 valence electrons. The van der Waals surface area contributed by atoms with Gasteiger partial charge in [-0.25, -0.2) is 13.6 Å². The minimum Gasteiger partial charge on any atom is -0.478 e. The Bertz CT molecular complexity index is 582. The van der Waals surface area contributed by atoms with Crippen LogP contribution in [0.2, 0.25) is 0 Å². The first-order valence-corrected chi connectivity index (χ1v) is 5.12. The normalized spacial score (nSPS) is 10.1. The van der Waals surface area contributed by atoms with Gasteiger partial charge >= 0.3 is 5.97 Å². The van der Waals surface area contributed by atoms with Crippen molar-refractivity contribution in [3.8, 4) is 0 Å². The average molecular weight is 249 g/mol. The summed E-state index contributed by atoms with van der Waals surface area (Å²) in [7, 11) is 0. The van der Waals surface area contributed by atoms with E-state index in [4.69, 9.17) is 5.11 Å². The van der Waals surface area contributed by atoms with E-state index in [1.807, 2.05) is 0 Å². The highest BCUT2D eigenvalue weighted by atomic mass is 19.1. The van der Waals surface area contributed by atoms with Gasteiger partial charge in [0.05, 0.1) is 11.3 Å². The molecule has 0 heterocycles. The Morgan fingerprint density at radius 3 is 2.33 bits per heavy atom. The standard InChI is InChI=1S/C13H9F2NO2/c14-9-2-4-10(5-3-9)16-12-7-8(13(17)18)1-6-11(12)15/h1-7,16H,(H,17,18). The molecule has 0 bridgehead atoms. The molecule has 0 aliphatic rings. The van der Waals surface area contributed by atoms with E-state index < -0.39 is 17.6 Å². The van der Waals surface area contributed by atoms with Gasteiger partial charge in [-0.3, -0.25) is 0 Å². The summed E-state index contributed by atoms with van der Waals surface area (Å²) in [5, 5.41) is 11.5. The number of halogens is 2. The number of anilines is 2. The minimum absolute atomic E-state index is 0.0268. The highest BCUT2D eigenvalue weighted by Crippen LogP contribution is 2.21. The lowest BCUT2D eigenvalue weighted by atomic mass is 10.2. The molecule has 0 amide bonds. The predicted molar refractivity (Wildman–Crippen MR) is 63.0 cm³/mol. The predicted octanol–water partition coefficient (Wildman–Crippen LogP) is 3.41. The lowest BCUT2D eigenvalue weighted by Crippen LogP contribution is -2.00. The number of hydrogen-bond donors (Lipinski definition) is 2. The van der Waals surface area contributed by atoms with Crippen LogP contribution in [-0.2, 0) is 0 Å². The van der Waals surface area contributed by atoms with Crippen molar-refractivity contribution in [3.05, 3.63) is 59.7 Å². The average Bonchev–Trinajstić information content (AvgIpc) is 2.34. The van der Waals surface area contributed by atoms with E-state index in [9.17, 15) is 13.6 Å². The van der Waals surface area contributed by atoms with Crippen molar-refractivity contribution in [3.63, 3.8) is 0 Å². The summed E-state index contributed by atoms with van der Waals surface area (Å²) in [4.78, 5) is 10.8. The second-order valence-corrected chi connectivity index (χ2v) is 3.63. The quantitative estimate of drug-likeness (QED) is 0.876. The molecule has 0 aliphatic heterocycles. The molecule has 3 nitrogen and oxygen atoms in total. The number of carbonyl (C=O) groups is 1. The van der Waals surface area contributed by atoms with Gasteiger partial charge in [0.15, 0.2) is 0 Å². The third-order valence-corrected chi connectivity index (χ3v) is 2.34. The number of benzene rings is 2. The first kappa shape index (κ1) is 12.0. The monoisotopic (exact) mass is 249 g/mol. The fourth-order valence-corrected chi connectivity index (χ4v) is 1.44. The topological polar surface area (TPSA) is 49.3 Å². The summed E-state index contributed by atoms with van der Waals surface area (Å²) in [5.41, 5.74) is 0.473. The molecule has 0 spiro atoms. The summed E-state index contributed by atoms with van der Waals surface area (Å²) in [6.45, 7) is 0. The van der Waals surface area contributed by atoms with Gasteiger partial charge in [-0.05, 0) is 42.5 Å². The molecule has 2 aromatic carbocycles. The maximum atomic E-state index is 13.5. The Morgan fingerprint density at radius 1 is 1.06 bits per heavy atom. The Morgan fingerprint density at radius 2 is 1.72 bits per heavy atom. The van der Waals surface area contributed by atoms with Crippen LogP contribution >= 0.6 is 0 Å². The van der Waals surface area contributed by atoms with E-state index in [1.54, 1.807) is 0 Å². The number of rotatable bonds is 3. The van der Waals surface area contributed by atoms with Crippen LogP contribution in [-0.4, -0.2) is 11.1 Å².